The highest BCUT2D eigenvalue weighted by molar-refractivity contribution is 5.85. The Labute approximate surface area is 121 Å². The van der Waals surface area contributed by atoms with Crippen LogP contribution in [0.1, 0.15) is 38.5 Å². The number of halogens is 1. The van der Waals surface area contributed by atoms with Crippen LogP contribution >= 0.6 is 12.4 Å². The van der Waals surface area contributed by atoms with Crippen molar-refractivity contribution >= 4 is 18.3 Å². The van der Waals surface area contributed by atoms with Crippen LogP contribution in [0.2, 0.25) is 0 Å². The standard InChI is InChI=1S/C14H24N2O2.ClH/c15-9-14(3-5-18-6-4-14)13(17)16-12-8-10-1-2-11(12)7-10;/h10-12H,1-9,15H2,(H,16,17);1H. The zero-order valence-electron chi connectivity index (χ0n) is 11.4. The van der Waals surface area contributed by atoms with Gasteiger partial charge in [0.1, 0.15) is 0 Å². The average Bonchev–Trinajstić information content (AvgIpc) is 3.01. The van der Waals surface area contributed by atoms with E-state index in [9.17, 15) is 4.79 Å². The van der Waals surface area contributed by atoms with Crippen molar-refractivity contribution in [3.8, 4) is 0 Å². The van der Waals surface area contributed by atoms with Crippen LogP contribution in [0.25, 0.3) is 0 Å². The van der Waals surface area contributed by atoms with E-state index >= 15 is 0 Å². The summed E-state index contributed by atoms with van der Waals surface area (Å²) in [5.74, 6) is 1.78. The molecule has 19 heavy (non-hydrogen) atoms. The number of hydrogen-bond acceptors (Lipinski definition) is 3. The first-order chi connectivity index (χ1) is 8.73. The Hall–Kier alpha value is -0.320. The molecule has 4 nitrogen and oxygen atoms in total. The molecule has 3 N–H and O–H groups in total. The van der Waals surface area contributed by atoms with Gasteiger partial charge < -0.3 is 15.8 Å². The lowest BCUT2D eigenvalue weighted by Gasteiger charge is -2.36. The normalized spacial score (nSPS) is 35.7. The molecule has 2 bridgehead atoms. The molecule has 3 fully saturated rings. The second-order valence-corrected chi connectivity index (χ2v) is 6.35. The van der Waals surface area contributed by atoms with E-state index in [0.29, 0.717) is 25.8 Å². The van der Waals surface area contributed by atoms with Crippen LogP contribution in [-0.2, 0) is 9.53 Å². The van der Waals surface area contributed by atoms with E-state index in [1.54, 1.807) is 0 Å². The van der Waals surface area contributed by atoms with E-state index in [1.807, 2.05) is 0 Å². The van der Waals surface area contributed by atoms with Gasteiger partial charge in [0.2, 0.25) is 5.91 Å². The molecular formula is C14H25ClN2O2. The Morgan fingerprint density at radius 1 is 1.26 bits per heavy atom. The zero-order chi connectivity index (χ0) is 12.6. The number of nitrogens with two attached hydrogens (primary N) is 1. The molecule has 3 rings (SSSR count). The van der Waals surface area contributed by atoms with Gasteiger partial charge in [0, 0.05) is 25.8 Å². The van der Waals surface area contributed by atoms with Gasteiger partial charge in [-0.25, -0.2) is 0 Å². The van der Waals surface area contributed by atoms with Crippen LogP contribution in [0.4, 0.5) is 0 Å². The molecule has 110 valence electrons. The van der Waals surface area contributed by atoms with Gasteiger partial charge in [-0.05, 0) is 43.9 Å². The van der Waals surface area contributed by atoms with Crippen LogP contribution in [0.5, 0.6) is 0 Å². The molecule has 1 saturated heterocycles. The number of rotatable bonds is 3. The van der Waals surface area contributed by atoms with E-state index in [4.69, 9.17) is 10.5 Å². The summed E-state index contributed by atoms with van der Waals surface area (Å²) < 4.78 is 5.36. The third-order valence-electron chi connectivity index (χ3n) is 5.38. The second-order valence-electron chi connectivity index (χ2n) is 6.35. The molecule has 0 aromatic heterocycles. The van der Waals surface area contributed by atoms with Gasteiger partial charge in [0.05, 0.1) is 5.41 Å². The predicted octanol–water partition coefficient (Wildman–Crippen LogP) is 1.47. The van der Waals surface area contributed by atoms with Crippen LogP contribution < -0.4 is 11.1 Å². The van der Waals surface area contributed by atoms with Gasteiger partial charge >= 0.3 is 0 Å². The predicted molar refractivity (Wildman–Crippen MR) is 76.2 cm³/mol. The van der Waals surface area contributed by atoms with E-state index in [1.165, 1.54) is 25.7 Å². The van der Waals surface area contributed by atoms with Crippen LogP contribution in [-0.4, -0.2) is 31.7 Å². The van der Waals surface area contributed by atoms with Crippen molar-refractivity contribution in [2.45, 2.75) is 44.6 Å². The lowest BCUT2D eigenvalue weighted by Crippen LogP contribution is -2.52. The van der Waals surface area contributed by atoms with Crippen LogP contribution in [0.3, 0.4) is 0 Å². The summed E-state index contributed by atoms with van der Waals surface area (Å²) in [4.78, 5) is 12.5. The summed E-state index contributed by atoms with van der Waals surface area (Å²) >= 11 is 0. The van der Waals surface area contributed by atoms with Crippen molar-refractivity contribution in [2.24, 2.45) is 23.0 Å². The lowest BCUT2D eigenvalue weighted by atomic mass is 9.79. The molecule has 0 spiro atoms. The van der Waals surface area contributed by atoms with E-state index in [0.717, 1.165) is 24.7 Å². The van der Waals surface area contributed by atoms with Gasteiger partial charge in [-0.1, -0.05) is 6.42 Å². The minimum Gasteiger partial charge on any atom is -0.381 e. The fourth-order valence-corrected chi connectivity index (χ4v) is 4.03. The van der Waals surface area contributed by atoms with Crippen molar-refractivity contribution in [3.63, 3.8) is 0 Å². The molecule has 0 radical (unpaired) electrons. The number of amides is 1. The Bertz CT molecular complexity index is 331. The largest absolute Gasteiger partial charge is 0.381 e. The third-order valence-corrected chi connectivity index (χ3v) is 5.38. The molecular weight excluding hydrogens is 264 g/mol. The molecule has 3 atom stereocenters. The summed E-state index contributed by atoms with van der Waals surface area (Å²) in [6.07, 6.45) is 6.73. The van der Waals surface area contributed by atoms with Crippen molar-refractivity contribution in [1.29, 1.82) is 0 Å². The Morgan fingerprint density at radius 3 is 2.53 bits per heavy atom. The Morgan fingerprint density at radius 2 is 2.00 bits per heavy atom. The third kappa shape index (κ3) is 2.76. The van der Waals surface area contributed by atoms with Crippen LogP contribution in [0.15, 0.2) is 0 Å². The van der Waals surface area contributed by atoms with Gasteiger partial charge in [-0.3, -0.25) is 4.79 Å². The molecule has 2 saturated carbocycles. The average molecular weight is 289 g/mol. The highest BCUT2D eigenvalue weighted by atomic mass is 35.5. The number of carbonyl (C=O) groups is 1. The van der Waals surface area contributed by atoms with Gasteiger partial charge in [0.15, 0.2) is 0 Å². The highest BCUT2D eigenvalue weighted by Gasteiger charge is 2.44. The minimum absolute atomic E-state index is 0. The first-order valence-electron chi connectivity index (χ1n) is 7.32. The molecule has 3 unspecified atom stereocenters. The maximum absolute atomic E-state index is 12.5. The minimum atomic E-state index is -0.361. The maximum Gasteiger partial charge on any atom is 0.227 e. The van der Waals surface area contributed by atoms with E-state index in [2.05, 4.69) is 5.32 Å². The summed E-state index contributed by atoms with van der Waals surface area (Å²) in [7, 11) is 0. The van der Waals surface area contributed by atoms with Crippen molar-refractivity contribution in [3.05, 3.63) is 0 Å². The molecule has 3 aliphatic rings. The van der Waals surface area contributed by atoms with Gasteiger partial charge in [-0.15, -0.1) is 12.4 Å². The fourth-order valence-electron chi connectivity index (χ4n) is 4.03. The maximum atomic E-state index is 12.5. The SMILES string of the molecule is Cl.NCC1(C(=O)NC2CC3CCC2C3)CCOCC1. The quantitative estimate of drug-likeness (QED) is 0.826. The first kappa shape index (κ1) is 15.1. The molecule has 5 heteroatoms. The lowest BCUT2D eigenvalue weighted by molar-refractivity contribution is -0.137. The molecule has 0 aromatic rings. The number of carbonyl (C=O) groups excluding carboxylic acids is 1. The molecule has 2 aliphatic carbocycles. The summed E-state index contributed by atoms with van der Waals surface area (Å²) in [5, 5.41) is 3.30. The molecule has 1 aliphatic heterocycles. The van der Waals surface area contributed by atoms with Crippen molar-refractivity contribution < 1.29 is 9.53 Å². The Balaban J connectivity index is 0.00000133. The van der Waals surface area contributed by atoms with E-state index in [-0.39, 0.29) is 23.7 Å². The summed E-state index contributed by atoms with van der Waals surface area (Å²) in [5.41, 5.74) is 5.51. The topological polar surface area (TPSA) is 64.4 Å². The highest BCUT2D eigenvalue weighted by Crippen LogP contribution is 2.45. The molecule has 1 heterocycles. The molecule has 0 aromatic carbocycles. The number of hydrogen-bond donors (Lipinski definition) is 2. The first-order valence-corrected chi connectivity index (χ1v) is 7.32. The van der Waals surface area contributed by atoms with Crippen molar-refractivity contribution in [2.75, 3.05) is 19.8 Å². The number of nitrogens with one attached hydrogen (secondary N) is 1. The summed E-state index contributed by atoms with van der Waals surface area (Å²) in [6, 6.07) is 0.419. The summed E-state index contributed by atoms with van der Waals surface area (Å²) in [6.45, 7) is 1.78. The fraction of sp³-hybridized carbons (Fsp3) is 0.929. The van der Waals surface area contributed by atoms with Gasteiger partial charge in [0.25, 0.3) is 0 Å². The number of ether oxygens (including phenoxy) is 1. The zero-order valence-corrected chi connectivity index (χ0v) is 12.2. The molecule has 1 amide bonds. The van der Waals surface area contributed by atoms with E-state index < -0.39 is 0 Å². The number of fused-ring (bicyclic) bond motifs is 2. The second kappa shape index (κ2) is 5.98. The Kier molecular flexibility index (Phi) is 4.75. The van der Waals surface area contributed by atoms with Gasteiger partial charge in [-0.2, -0.15) is 0 Å². The van der Waals surface area contributed by atoms with Crippen molar-refractivity contribution in [1.82, 2.24) is 5.32 Å². The smallest absolute Gasteiger partial charge is 0.227 e. The monoisotopic (exact) mass is 288 g/mol. The van der Waals surface area contributed by atoms with Crippen LogP contribution in [0, 0.1) is 17.3 Å².